The molecule has 9 heteroatoms. The summed E-state index contributed by atoms with van der Waals surface area (Å²) in [5.74, 6) is 0.0211. The minimum atomic E-state index is -3.47. The molecule has 0 heterocycles. The number of carbonyl (C=O) groups is 1. The summed E-state index contributed by atoms with van der Waals surface area (Å²) in [4.78, 5) is 13.1. The van der Waals surface area contributed by atoms with Crippen molar-refractivity contribution in [2.24, 2.45) is 4.36 Å². The third-order valence-corrected chi connectivity index (χ3v) is 7.21. The van der Waals surface area contributed by atoms with Crippen LogP contribution in [0.3, 0.4) is 0 Å². The Balaban J connectivity index is 2.65. The first kappa shape index (κ1) is 27.0. The molecule has 2 rings (SSSR count). The average Bonchev–Trinajstić information content (AvgIpc) is 2.77. The predicted octanol–water partition coefficient (Wildman–Crippen LogP) is 5.10. The van der Waals surface area contributed by atoms with Gasteiger partial charge in [0.05, 0.1) is 33.8 Å². The molecule has 2 aromatic rings. The second-order valence-corrected chi connectivity index (χ2v) is 11.2. The molecule has 0 bridgehead atoms. The van der Waals surface area contributed by atoms with Crippen molar-refractivity contribution < 1.29 is 14.1 Å². The fraction of sp³-hybridized carbons (Fsp3) is 0.400. The van der Waals surface area contributed by atoms with Gasteiger partial charge in [0, 0.05) is 5.69 Å². The molecular weight excluding hydrogens is 450 g/mol. The largest absolute Gasteiger partial charge is 0.386 e. The van der Waals surface area contributed by atoms with E-state index in [2.05, 4.69) is 20.5 Å². The molecule has 0 aliphatic heterocycles. The molecule has 34 heavy (non-hydrogen) atoms. The molecule has 0 radical (unpaired) electrons. The lowest BCUT2D eigenvalue weighted by molar-refractivity contribution is 0.0783. The minimum Gasteiger partial charge on any atom is -0.386 e. The van der Waals surface area contributed by atoms with E-state index in [1.54, 1.807) is 26.0 Å². The van der Waals surface area contributed by atoms with Crippen molar-refractivity contribution in [2.45, 2.75) is 63.9 Å². The van der Waals surface area contributed by atoms with E-state index < -0.39 is 21.5 Å². The van der Waals surface area contributed by atoms with E-state index in [-0.39, 0.29) is 22.3 Å². The van der Waals surface area contributed by atoms with Crippen LogP contribution >= 0.6 is 0 Å². The Morgan fingerprint density at radius 3 is 1.91 bits per heavy atom. The van der Waals surface area contributed by atoms with E-state index in [0.29, 0.717) is 16.8 Å². The second-order valence-electron chi connectivity index (χ2n) is 9.12. The smallest absolute Gasteiger partial charge is 0.354 e. The molecule has 1 unspecified atom stereocenters. The number of anilines is 1. The Morgan fingerprint density at radius 1 is 1.00 bits per heavy atom. The van der Waals surface area contributed by atoms with Gasteiger partial charge in [-0.25, -0.2) is 13.7 Å². The van der Waals surface area contributed by atoms with Crippen LogP contribution in [0.1, 0.15) is 81.2 Å². The molecule has 0 spiro atoms. The van der Waals surface area contributed by atoms with Crippen LogP contribution in [0.15, 0.2) is 39.6 Å². The van der Waals surface area contributed by atoms with Gasteiger partial charge in [-0.2, -0.15) is 10.5 Å². The number of aliphatic hydroxyl groups is 1. The number of rotatable bonds is 6. The van der Waals surface area contributed by atoms with Crippen LogP contribution in [-0.4, -0.2) is 22.4 Å². The molecule has 0 aromatic heterocycles. The Bertz CT molecular complexity index is 1270. The molecule has 2 aromatic carbocycles. The Hall–Kier alpha value is -3.24. The maximum atomic E-state index is 13.7. The number of urea groups is 1. The topological polar surface area (TPSA) is 138 Å². The molecule has 3 N–H and O–H groups in total. The van der Waals surface area contributed by atoms with Crippen molar-refractivity contribution in [3.8, 4) is 12.1 Å². The van der Waals surface area contributed by atoms with Gasteiger partial charge in [-0.05, 0) is 79.8 Å². The first-order chi connectivity index (χ1) is 15.7. The first-order valence-electron chi connectivity index (χ1n) is 10.9. The van der Waals surface area contributed by atoms with Gasteiger partial charge in [-0.1, -0.05) is 27.7 Å². The summed E-state index contributed by atoms with van der Waals surface area (Å²) in [6, 6.07) is 11.1. The number of nitriles is 2. The summed E-state index contributed by atoms with van der Waals surface area (Å²) in [7, 11) is -2.07. The monoisotopic (exact) mass is 481 g/mol. The van der Waals surface area contributed by atoms with Crippen molar-refractivity contribution >= 4 is 21.6 Å². The second kappa shape index (κ2) is 10.4. The van der Waals surface area contributed by atoms with E-state index >= 15 is 0 Å². The fourth-order valence-corrected chi connectivity index (χ4v) is 4.73. The van der Waals surface area contributed by atoms with Gasteiger partial charge in [-0.3, -0.25) is 0 Å². The van der Waals surface area contributed by atoms with Gasteiger partial charge in [0.1, 0.15) is 9.92 Å². The third kappa shape index (κ3) is 6.00. The van der Waals surface area contributed by atoms with Crippen molar-refractivity contribution in [3.63, 3.8) is 0 Å². The van der Waals surface area contributed by atoms with Crippen molar-refractivity contribution in [1.29, 1.82) is 10.5 Å². The van der Waals surface area contributed by atoms with Crippen LogP contribution in [0.2, 0.25) is 0 Å². The maximum Gasteiger partial charge on any atom is 0.354 e. The highest BCUT2D eigenvalue weighted by Gasteiger charge is 2.23. The zero-order valence-electron chi connectivity index (χ0n) is 20.6. The average molecular weight is 482 g/mol. The van der Waals surface area contributed by atoms with E-state index in [1.807, 2.05) is 33.8 Å². The van der Waals surface area contributed by atoms with Gasteiger partial charge in [0.15, 0.2) is 0 Å². The molecular formula is C25H31N5O3S. The van der Waals surface area contributed by atoms with E-state index in [1.165, 1.54) is 25.2 Å². The van der Waals surface area contributed by atoms with Crippen LogP contribution in [0, 0.1) is 22.7 Å². The number of nitrogens with one attached hydrogen (secondary N) is 2. The van der Waals surface area contributed by atoms with Crippen molar-refractivity contribution in [2.75, 3.05) is 12.4 Å². The van der Waals surface area contributed by atoms with Gasteiger partial charge in [0.25, 0.3) is 0 Å². The summed E-state index contributed by atoms with van der Waals surface area (Å²) in [5.41, 5.74) is 1.85. The lowest BCUT2D eigenvalue weighted by atomic mass is 9.90. The molecule has 0 saturated heterocycles. The van der Waals surface area contributed by atoms with E-state index in [9.17, 15) is 24.6 Å². The van der Waals surface area contributed by atoms with E-state index in [4.69, 9.17) is 0 Å². The Kier molecular flexibility index (Phi) is 8.22. The number of nitrogens with zero attached hydrogens (tertiary/aromatic N) is 3. The predicted molar refractivity (Wildman–Crippen MR) is 133 cm³/mol. The Morgan fingerprint density at radius 2 is 1.50 bits per heavy atom. The number of amides is 2. The third-order valence-electron chi connectivity index (χ3n) is 5.35. The van der Waals surface area contributed by atoms with Crippen LogP contribution in [0.5, 0.6) is 0 Å². The summed E-state index contributed by atoms with van der Waals surface area (Å²) < 4.78 is 20.2. The van der Waals surface area contributed by atoms with Gasteiger partial charge in [-0.15, -0.1) is 4.36 Å². The highest BCUT2D eigenvalue weighted by Crippen LogP contribution is 2.34. The fourth-order valence-electron chi connectivity index (χ4n) is 3.45. The minimum absolute atomic E-state index is 0.0106. The van der Waals surface area contributed by atoms with Gasteiger partial charge in [0.2, 0.25) is 0 Å². The number of carbonyl (C=O) groups excluding carboxylic acids is 1. The highest BCUT2D eigenvalue weighted by atomic mass is 32.2. The molecule has 1 atom stereocenters. The van der Waals surface area contributed by atoms with Gasteiger partial charge < -0.3 is 10.4 Å². The summed E-state index contributed by atoms with van der Waals surface area (Å²) in [6.45, 7) is 10.9. The lowest BCUT2D eigenvalue weighted by Gasteiger charge is -2.21. The van der Waals surface area contributed by atoms with Crippen molar-refractivity contribution in [3.05, 3.63) is 58.1 Å². The SMILES string of the molecule is CNS(=O)(=NC(=O)Nc1c(C(C)C)cc(C#N)cc1C(C)C)c1cc(C#N)cc(C(C)(C)O)c1. The summed E-state index contributed by atoms with van der Waals surface area (Å²) in [5, 5.41) is 32.0. The van der Waals surface area contributed by atoms with E-state index in [0.717, 1.165) is 11.1 Å². The molecule has 180 valence electrons. The normalized spacial score (nSPS) is 13.2. The maximum absolute atomic E-state index is 13.7. The number of hydrogen-bond donors (Lipinski definition) is 3. The standard InChI is InChI=1S/C25H31N5O3S/c1-15(2)21-10-18(14-27)11-22(16(3)4)23(21)29-24(31)30-34(33,28-7)20-9-17(13-26)8-19(12-20)25(5,6)32/h8-12,15-16,32H,1-7H3,(H2,28,29,30,31,33). The Labute approximate surface area is 201 Å². The zero-order valence-corrected chi connectivity index (χ0v) is 21.4. The summed E-state index contributed by atoms with van der Waals surface area (Å²) >= 11 is 0. The molecule has 8 nitrogen and oxygen atoms in total. The number of benzene rings is 2. The quantitative estimate of drug-likeness (QED) is 0.527. The van der Waals surface area contributed by atoms with Gasteiger partial charge >= 0.3 is 6.03 Å². The highest BCUT2D eigenvalue weighted by molar-refractivity contribution is 7.92. The molecule has 0 aliphatic carbocycles. The van der Waals surface area contributed by atoms with Crippen LogP contribution in [-0.2, 0) is 15.5 Å². The van der Waals surface area contributed by atoms with Crippen LogP contribution in [0.25, 0.3) is 0 Å². The number of hydrogen-bond acceptors (Lipinski definition) is 5. The van der Waals surface area contributed by atoms with Crippen LogP contribution < -0.4 is 10.0 Å². The molecule has 0 aliphatic rings. The summed E-state index contributed by atoms with van der Waals surface area (Å²) in [6.07, 6.45) is 0. The molecule has 0 fully saturated rings. The molecule has 2 amide bonds. The van der Waals surface area contributed by atoms with Crippen LogP contribution in [0.4, 0.5) is 10.5 Å². The molecule has 0 saturated carbocycles. The van der Waals surface area contributed by atoms with Crippen molar-refractivity contribution in [1.82, 2.24) is 4.72 Å². The lowest BCUT2D eigenvalue weighted by Crippen LogP contribution is -2.24. The zero-order chi connectivity index (χ0) is 25.8. The first-order valence-corrected chi connectivity index (χ1v) is 12.4.